The number of pyridine rings is 2. The van der Waals surface area contributed by atoms with E-state index in [-0.39, 0.29) is 0 Å². The van der Waals surface area contributed by atoms with Gasteiger partial charge in [-0.3, -0.25) is 9.97 Å². The molecule has 0 aliphatic heterocycles. The van der Waals surface area contributed by atoms with E-state index in [0.29, 0.717) is 0 Å². The maximum absolute atomic E-state index is 4.24. The SMILES string of the molecule is Ic1ccnc(-c2ccccn2)c1. The van der Waals surface area contributed by atoms with Gasteiger partial charge in [0.2, 0.25) is 0 Å². The lowest BCUT2D eigenvalue weighted by Gasteiger charge is -1.98. The molecule has 0 unspecified atom stereocenters. The molecule has 13 heavy (non-hydrogen) atoms. The van der Waals surface area contributed by atoms with Crippen molar-refractivity contribution in [2.45, 2.75) is 0 Å². The molecule has 0 amide bonds. The Balaban J connectivity index is 2.48. The van der Waals surface area contributed by atoms with E-state index in [2.05, 4.69) is 32.6 Å². The van der Waals surface area contributed by atoms with Gasteiger partial charge >= 0.3 is 0 Å². The minimum Gasteiger partial charge on any atom is -0.255 e. The Morgan fingerprint density at radius 2 is 1.77 bits per heavy atom. The van der Waals surface area contributed by atoms with Gasteiger partial charge < -0.3 is 0 Å². The lowest BCUT2D eigenvalue weighted by Crippen LogP contribution is -1.86. The molecule has 0 saturated heterocycles. The van der Waals surface area contributed by atoms with Crippen LogP contribution in [0.3, 0.4) is 0 Å². The summed E-state index contributed by atoms with van der Waals surface area (Å²) in [6.45, 7) is 0. The van der Waals surface area contributed by atoms with E-state index in [1.165, 1.54) is 3.57 Å². The monoisotopic (exact) mass is 282 g/mol. The van der Waals surface area contributed by atoms with Crippen molar-refractivity contribution in [3.63, 3.8) is 0 Å². The standard InChI is InChI=1S/C10H7IN2/c11-8-4-6-13-10(7-8)9-3-1-2-5-12-9/h1-7H. The quantitative estimate of drug-likeness (QED) is 0.752. The number of aromatic nitrogens is 2. The minimum atomic E-state index is 0.918. The molecule has 3 heteroatoms. The van der Waals surface area contributed by atoms with Crippen LogP contribution in [0, 0.1) is 3.57 Å². The summed E-state index contributed by atoms with van der Waals surface area (Å²) >= 11 is 2.26. The third-order valence-electron chi connectivity index (χ3n) is 1.65. The normalized spacial score (nSPS) is 9.92. The maximum Gasteiger partial charge on any atom is 0.0896 e. The first kappa shape index (κ1) is 8.62. The summed E-state index contributed by atoms with van der Waals surface area (Å²) in [6.07, 6.45) is 3.57. The molecule has 2 aromatic heterocycles. The number of hydrogen-bond donors (Lipinski definition) is 0. The van der Waals surface area contributed by atoms with Gasteiger partial charge in [0.1, 0.15) is 0 Å². The molecule has 2 nitrogen and oxygen atoms in total. The van der Waals surface area contributed by atoms with E-state index in [9.17, 15) is 0 Å². The van der Waals surface area contributed by atoms with Crippen LogP contribution < -0.4 is 0 Å². The van der Waals surface area contributed by atoms with Crippen LogP contribution in [0.4, 0.5) is 0 Å². The molecule has 0 atom stereocenters. The van der Waals surface area contributed by atoms with E-state index in [0.717, 1.165) is 11.4 Å². The fraction of sp³-hybridized carbons (Fsp3) is 0. The Morgan fingerprint density at radius 1 is 0.923 bits per heavy atom. The second-order valence-electron chi connectivity index (χ2n) is 2.57. The molecule has 0 N–H and O–H groups in total. The van der Waals surface area contributed by atoms with Crippen LogP contribution in [0.5, 0.6) is 0 Å². The molecule has 0 saturated carbocycles. The Bertz CT molecular complexity index is 401. The molecular weight excluding hydrogens is 275 g/mol. The molecule has 0 spiro atoms. The topological polar surface area (TPSA) is 25.8 Å². The summed E-state index contributed by atoms with van der Waals surface area (Å²) < 4.78 is 1.17. The largest absolute Gasteiger partial charge is 0.255 e. The lowest BCUT2D eigenvalue weighted by molar-refractivity contribution is 1.24. The predicted molar refractivity (Wildman–Crippen MR) is 60.2 cm³/mol. The van der Waals surface area contributed by atoms with E-state index >= 15 is 0 Å². The van der Waals surface area contributed by atoms with Crippen LogP contribution in [-0.4, -0.2) is 9.97 Å². The zero-order valence-corrected chi connectivity index (χ0v) is 8.97. The van der Waals surface area contributed by atoms with Crippen molar-refractivity contribution in [1.82, 2.24) is 9.97 Å². The highest BCUT2D eigenvalue weighted by Gasteiger charge is 1.98. The summed E-state index contributed by atoms with van der Waals surface area (Å²) in [4.78, 5) is 8.47. The second-order valence-corrected chi connectivity index (χ2v) is 3.82. The maximum atomic E-state index is 4.24. The van der Waals surface area contributed by atoms with E-state index in [1.807, 2.05) is 30.3 Å². The molecule has 0 radical (unpaired) electrons. The number of hydrogen-bond acceptors (Lipinski definition) is 2. The Morgan fingerprint density at radius 3 is 2.46 bits per heavy atom. The Kier molecular flexibility index (Phi) is 2.54. The summed E-state index contributed by atoms with van der Waals surface area (Å²) in [5.74, 6) is 0. The molecular formula is C10H7IN2. The van der Waals surface area contributed by atoms with Gasteiger partial charge in [0.05, 0.1) is 11.4 Å². The Labute approximate surface area is 90.2 Å². The summed E-state index contributed by atoms with van der Waals surface area (Å²) in [5.41, 5.74) is 1.84. The molecule has 0 fully saturated rings. The van der Waals surface area contributed by atoms with Crippen LogP contribution in [0.2, 0.25) is 0 Å². The van der Waals surface area contributed by atoms with Crippen molar-refractivity contribution < 1.29 is 0 Å². The van der Waals surface area contributed by atoms with Crippen LogP contribution in [-0.2, 0) is 0 Å². The first-order chi connectivity index (χ1) is 6.36. The van der Waals surface area contributed by atoms with Gasteiger partial charge in [0.25, 0.3) is 0 Å². The molecule has 2 heterocycles. The predicted octanol–water partition coefficient (Wildman–Crippen LogP) is 2.75. The van der Waals surface area contributed by atoms with Gasteiger partial charge in [-0.2, -0.15) is 0 Å². The van der Waals surface area contributed by atoms with Crippen molar-refractivity contribution in [1.29, 1.82) is 0 Å². The molecule has 0 bridgehead atoms. The van der Waals surface area contributed by atoms with Gasteiger partial charge in [-0.05, 0) is 46.9 Å². The van der Waals surface area contributed by atoms with Gasteiger partial charge in [-0.1, -0.05) is 6.07 Å². The highest BCUT2D eigenvalue weighted by molar-refractivity contribution is 14.1. The summed E-state index contributed by atoms with van der Waals surface area (Å²) in [6, 6.07) is 9.80. The van der Waals surface area contributed by atoms with Gasteiger partial charge in [-0.15, -0.1) is 0 Å². The molecule has 2 rings (SSSR count). The molecule has 0 aromatic carbocycles. The van der Waals surface area contributed by atoms with Gasteiger partial charge in [0, 0.05) is 16.0 Å². The molecule has 64 valence electrons. The highest BCUT2D eigenvalue weighted by Crippen LogP contribution is 2.15. The first-order valence-corrected chi connectivity index (χ1v) is 4.97. The third kappa shape index (κ3) is 2.03. The van der Waals surface area contributed by atoms with E-state index in [1.54, 1.807) is 12.4 Å². The van der Waals surface area contributed by atoms with Crippen LogP contribution >= 0.6 is 22.6 Å². The number of halogens is 1. The van der Waals surface area contributed by atoms with Gasteiger partial charge in [-0.25, -0.2) is 0 Å². The van der Waals surface area contributed by atoms with Crippen molar-refractivity contribution in [3.05, 3.63) is 46.3 Å². The molecule has 2 aromatic rings. The van der Waals surface area contributed by atoms with Crippen molar-refractivity contribution in [2.24, 2.45) is 0 Å². The molecule has 0 aliphatic rings. The zero-order chi connectivity index (χ0) is 9.10. The number of rotatable bonds is 1. The van der Waals surface area contributed by atoms with E-state index in [4.69, 9.17) is 0 Å². The minimum absolute atomic E-state index is 0.918. The van der Waals surface area contributed by atoms with E-state index < -0.39 is 0 Å². The Hall–Kier alpha value is -0.970. The van der Waals surface area contributed by atoms with Crippen LogP contribution in [0.25, 0.3) is 11.4 Å². The zero-order valence-electron chi connectivity index (χ0n) is 6.81. The van der Waals surface area contributed by atoms with Gasteiger partial charge in [0.15, 0.2) is 0 Å². The summed E-state index contributed by atoms with van der Waals surface area (Å²) in [7, 11) is 0. The van der Waals surface area contributed by atoms with Crippen molar-refractivity contribution >= 4 is 22.6 Å². The summed E-state index contributed by atoms with van der Waals surface area (Å²) in [5, 5.41) is 0. The number of nitrogens with zero attached hydrogens (tertiary/aromatic N) is 2. The highest BCUT2D eigenvalue weighted by atomic mass is 127. The second kappa shape index (κ2) is 3.83. The smallest absolute Gasteiger partial charge is 0.0896 e. The van der Waals surface area contributed by atoms with Crippen molar-refractivity contribution in [2.75, 3.05) is 0 Å². The van der Waals surface area contributed by atoms with Crippen LogP contribution in [0.15, 0.2) is 42.7 Å². The lowest BCUT2D eigenvalue weighted by atomic mass is 10.2. The first-order valence-electron chi connectivity index (χ1n) is 3.89. The van der Waals surface area contributed by atoms with Crippen molar-refractivity contribution in [3.8, 4) is 11.4 Å². The average Bonchev–Trinajstić information content (AvgIpc) is 2.19. The fourth-order valence-electron chi connectivity index (χ4n) is 1.06. The third-order valence-corrected chi connectivity index (χ3v) is 2.32. The molecule has 0 aliphatic carbocycles. The van der Waals surface area contributed by atoms with Crippen LogP contribution in [0.1, 0.15) is 0 Å². The fourth-order valence-corrected chi connectivity index (χ4v) is 1.51. The average molecular weight is 282 g/mol.